The Morgan fingerprint density at radius 3 is 2.58 bits per heavy atom. The van der Waals surface area contributed by atoms with Gasteiger partial charge in [0.1, 0.15) is 22.1 Å². The summed E-state index contributed by atoms with van der Waals surface area (Å²) in [5.74, 6) is 0.441. The van der Waals surface area contributed by atoms with Gasteiger partial charge in [-0.05, 0) is 36.4 Å². The van der Waals surface area contributed by atoms with Crippen LogP contribution in [0.3, 0.4) is 0 Å². The average molecular weight is 395 g/mol. The maximum absolute atomic E-state index is 12.8. The normalized spacial score (nSPS) is 15.1. The lowest BCUT2D eigenvalue weighted by Gasteiger charge is -2.19. The predicted molar refractivity (Wildman–Crippen MR) is 101 cm³/mol. The van der Waals surface area contributed by atoms with Crippen LogP contribution in [-0.4, -0.2) is 56.8 Å². The fourth-order valence-corrected chi connectivity index (χ4v) is 5.72. The summed E-state index contributed by atoms with van der Waals surface area (Å²) in [6.45, 7) is 1.75. The molecule has 140 valence electrons. The summed E-state index contributed by atoms with van der Waals surface area (Å²) < 4.78 is 32.6. The maximum Gasteiger partial charge on any atom is 0.265 e. The first-order chi connectivity index (χ1) is 12.5. The van der Waals surface area contributed by atoms with Crippen molar-refractivity contribution in [3.05, 3.63) is 46.7 Å². The summed E-state index contributed by atoms with van der Waals surface area (Å²) in [6.07, 6.45) is 1.73. The molecule has 1 aromatic carbocycles. The SMILES string of the molecule is CN(CCOc1ccccc1)C(=O)c1sccc1S(=O)(=O)N1CCCC1. The minimum Gasteiger partial charge on any atom is -0.492 e. The molecule has 8 heteroatoms. The summed E-state index contributed by atoms with van der Waals surface area (Å²) in [4.78, 5) is 14.6. The zero-order valence-electron chi connectivity index (χ0n) is 14.6. The van der Waals surface area contributed by atoms with Crippen molar-refractivity contribution in [1.29, 1.82) is 0 Å². The number of rotatable bonds is 7. The number of hydrogen-bond donors (Lipinski definition) is 0. The first-order valence-corrected chi connectivity index (χ1v) is 10.8. The Kier molecular flexibility index (Phi) is 5.95. The standard InChI is InChI=1S/C18H22N2O4S2/c1-19(12-13-24-15-7-3-2-4-8-15)18(21)17-16(9-14-25-17)26(22,23)20-10-5-6-11-20/h2-4,7-9,14H,5-6,10-13H2,1H3. The molecule has 0 saturated carbocycles. The van der Waals surface area contributed by atoms with Crippen molar-refractivity contribution in [2.75, 3.05) is 33.3 Å². The van der Waals surface area contributed by atoms with E-state index in [9.17, 15) is 13.2 Å². The molecule has 1 fully saturated rings. The van der Waals surface area contributed by atoms with Gasteiger partial charge < -0.3 is 9.64 Å². The summed E-state index contributed by atoms with van der Waals surface area (Å²) in [5, 5.41) is 1.66. The van der Waals surface area contributed by atoms with E-state index >= 15 is 0 Å². The van der Waals surface area contributed by atoms with E-state index in [0.29, 0.717) is 26.2 Å². The quantitative estimate of drug-likeness (QED) is 0.724. The highest BCUT2D eigenvalue weighted by atomic mass is 32.2. The van der Waals surface area contributed by atoms with Gasteiger partial charge in [0.05, 0.1) is 6.54 Å². The van der Waals surface area contributed by atoms with Crippen LogP contribution in [0.1, 0.15) is 22.5 Å². The van der Waals surface area contributed by atoms with Crippen molar-refractivity contribution in [2.24, 2.45) is 0 Å². The molecule has 1 aromatic heterocycles. The zero-order valence-corrected chi connectivity index (χ0v) is 16.3. The van der Waals surface area contributed by atoms with Gasteiger partial charge in [-0.1, -0.05) is 18.2 Å². The number of sulfonamides is 1. The Balaban J connectivity index is 1.65. The third-order valence-corrected chi connectivity index (χ3v) is 7.26. The highest BCUT2D eigenvalue weighted by Gasteiger charge is 2.32. The van der Waals surface area contributed by atoms with Crippen LogP contribution in [0.25, 0.3) is 0 Å². The molecule has 0 aliphatic carbocycles. The average Bonchev–Trinajstić information content (AvgIpc) is 3.34. The number of likely N-dealkylation sites (N-methyl/N-ethyl adjacent to an activating group) is 1. The minimum atomic E-state index is -3.60. The summed E-state index contributed by atoms with van der Waals surface area (Å²) in [5.41, 5.74) is 0. The Morgan fingerprint density at radius 1 is 1.19 bits per heavy atom. The van der Waals surface area contributed by atoms with Gasteiger partial charge in [-0.15, -0.1) is 11.3 Å². The zero-order chi connectivity index (χ0) is 18.6. The molecule has 0 radical (unpaired) electrons. The van der Waals surface area contributed by atoms with E-state index in [1.54, 1.807) is 12.4 Å². The van der Waals surface area contributed by atoms with Gasteiger partial charge in [0.25, 0.3) is 5.91 Å². The second-order valence-corrected chi connectivity index (χ2v) is 8.94. The Labute approximate surface area is 158 Å². The molecule has 0 unspecified atom stereocenters. The number of benzene rings is 1. The second-order valence-electron chi connectivity index (χ2n) is 6.11. The molecule has 1 aliphatic rings. The van der Waals surface area contributed by atoms with E-state index in [-0.39, 0.29) is 15.7 Å². The molecule has 0 bridgehead atoms. The number of ether oxygens (including phenoxy) is 1. The number of amides is 1. The first-order valence-electron chi connectivity index (χ1n) is 8.51. The molecule has 0 spiro atoms. The van der Waals surface area contributed by atoms with Crippen LogP contribution in [0.4, 0.5) is 0 Å². The third-order valence-electron chi connectivity index (χ3n) is 4.29. The largest absolute Gasteiger partial charge is 0.492 e. The molecule has 1 saturated heterocycles. The molecular weight excluding hydrogens is 372 g/mol. The van der Waals surface area contributed by atoms with E-state index in [2.05, 4.69) is 0 Å². The Morgan fingerprint density at radius 2 is 1.88 bits per heavy atom. The molecule has 2 aromatic rings. The first kappa shape index (κ1) is 18.9. The summed E-state index contributed by atoms with van der Waals surface area (Å²) in [6, 6.07) is 10.9. The third kappa shape index (κ3) is 4.08. The summed E-state index contributed by atoms with van der Waals surface area (Å²) >= 11 is 1.16. The monoisotopic (exact) mass is 394 g/mol. The van der Waals surface area contributed by atoms with Gasteiger partial charge in [0.2, 0.25) is 10.0 Å². The molecule has 6 nitrogen and oxygen atoms in total. The van der Waals surface area contributed by atoms with Gasteiger partial charge in [-0.2, -0.15) is 4.31 Å². The molecule has 26 heavy (non-hydrogen) atoms. The number of para-hydroxylation sites is 1. The smallest absolute Gasteiger partial charge is 0.265 e. The minimum absolute atomic E-state index is 0.116. The van der Waals surface area contributed by atoms with Crippen LogP contribution >= 0.6 is 11.3 Å². The van der Waals surface area contributed by atoms with Crippen molar-refractivity contribution in [3.63, 3.8) is 0 Å². The fraction of sp³-hybridized carbons (Fsp3) is 0.389. The number of hydrogen-bond acceptors (Lipinski definition) is 5. The van der Waals surface area contributed by atoms with Crippen molar-refractivity contribution in [2.45, 2.75) is 17.7 Å². The Bertz CT molecular complexity index is 843. The molecule has 0 N–H and O–H groups in total. The molecule has 1 amide bonds. The number of carbonyl (C=O) groups excluding carboxylic acids is 1. The van der Waals surface area contributed by atoms with E-state index < -0.39 is 10.0 Å². The van der Waals surface area contributed by atoms with Gasteiger partial charge in [-0.3, -0.25) is 4.79 Å². The molecule has 3 rings (SSSR count). The van der Waals surface area contributed by atoms with Crippen LogP contribution in [0.15, 0.2) is 46.7 Å². The summed E-state index contributed by atoms with van der Waals surface area (Å²) in [7, 11) is -1.95. The van der Waals surface area contributed by atoms with Crippen molar-refractivity contribution in [1.82, 2.24) is 9.21 Å². The second kappa shape index (κ2) is 8.20. The lowest BCUT2D eigenvalue weighted by molar-refractivity contribution is 0.0775. The predicted octanol–water partition coefficient (Wildman–Crippen LogP) is 2.68. The highest BCUT2D eigenvalue weighted by Crippen LogP contribution is 2.28. The fourth-order valence-electron chi connectivity index (χ4n) is 2.82. The number of thiophene rings is 1. The van der Waals surface area contributed by atoms with Gasteiger partial charge in [-0.25, -0.2) is 8.42 Å². The van der Waals surface area contributed by atoms with Crippen LogP contribution in [0, 0.1) is 0 Å². The van der Waals surface area contributed by atoms with Gasteiger partial charge >= 0.3 is 0 Å². The van der Waals surface area contributed by atoms with Crippen molar-refractivity contribution >= 4 is 27.3 Å². The Hall–Kier alpha value is -1.90. The maximum atomic E-state index is 12.8. The van der Waals surface area contributed by atoms with E-state index in [4.69, 9.17) is 4.74 Å². The van der Waals surface area contributed by atoms with Crippen LogP contribution < -0.4 is 4.74 Å². The molecular formula is C18H22N2O4S2. The van der Waals surface area contributed by atoms with E-state index in [0.717, 1.165) is 29.9 Å². The molecule has 1 aliphatic heterocycles. The van der Waals surface area contributed by atoms with Gasteiger partial charge in [0, 0.05) is 20.1 Å². The lowest BCUT2D eigenvalue weighted by Crippen LogP contribution is -2.33. The van der Waals surface area contributed by atoms with E-state index in [1.165, 1.54) is 15.3 Å². The number of carbonyl (C=O) groups is 1. The lowest BCUT2D eigenvalue weighted by atomic mass is 10.3. The van der Waals surface area contributed by atoms with Crippen molar-refractivity contribution in [3.8, 4) is 5.75 Å². The molecule has 0 atom stereocenters. The topological polar surface area (TPSA) is 66.9 Å². The van der Waals surface area contributed by atoms with Crippen LogP contribution in [0.5, 0.6) is 5.75 Å². The van der Waals surface area contributed by atoms with Crippen LogP contribution in [0.2, 0.25) is 0 Å². The molecule has 2 heterocycles. The van der Waals surface area contributed by atoms with Gasteiger partial charge in [0.15, 0.2) is 0 Å². The van der Waals surface area contributed by atoms with E-state index in [1.807, 2.05) is 30.3 Å². The highest BCUT2D eigenvalue weighted by molar-refractivity contribution is 7.89. The van der Waals surface area contributed by atoms with Crippen molar-refractivity contribution < 1.29 is 17.9 Å². The van der Waals surface area contributed by atoms with Crippen LogP contribution in [-0.2, 0) is 10.0 Å². The number of nitrogens with zero attached hydrogens (tertiary/aromatic N) is 2.